The molecule has 2 aliphatic rings. The average Bonchev–Trinajstić information content (AvgIpc) is 3.70. The maximum absolute atomic E-state index is 12.9. The molecule has 2 aromatic carbocycles. The van der Waals surface area contributed by atoms with Gasteiger partial charge in [0.15, 0.2) is 9.84 Å². The van der Waals surface area contributed by atoms with Crippen LogP contribution in [0.4, 0.5) is 0 Å². The van der Waals surface area contributed by atoms with Gasteiger partial charge in [-0.25, -0.2) is 13.4 Å². The maximum Gasteiger partial charge on any atom is 0.181 e. The summed E-state index contributed by atoms with van der Waals surface area (Å²) in [6.45, 7) is 5.26. The molecule has 194 valence electrons. The molecule has 9 heteroatoms. The lowest BCUT2D eigenvalue weighted by molar-refractivity contribution is -0.0506. The Morgan fingerprint density at radius 2 is 2.08 bits per heavy atom. The number of β-amino-alcohol motifs (C(OH)–C–C–N with tert-alkyl or cyclic N) is 1. The van der Waals surface area contributed by atoms with Gasteiger partial charge in [-0.2, -0.15) is 0 Å². The summed E-state index contributed by atoms with van der Waals surface area (Å²) in [5, 5.41) is 10.9. The number of ether oxygens (including phenoxy) is 2. The lowest BCUT2D eigenvalue weighted by Crippen LogP contribution is -2.45. The minimum atomic E-state index is -3.30. The first-order chi connectivity index (χ1) is 17.9. The number of hydrogen-bond donors (Lipinski definition) is 2. The fourth-order valence-corrected chi connectivity index (χ4v) is 6.85. The Labute approximate surface area is 216 Å². The minimum absolute atomic E-state index is 0.0934. The SMILES string of the molecule is Cc1cnc2[nH]c3c(OC[C@@H]4CN(CCO)CCO4)ccc(-c4cccc(S(=O)(=O)C5CC5)c4)c3c2c1. The second-order valence-electron chi connectivity index (χ2n) is 10.00. The average molecular weight is 522 g/mol. The number of nitrogens with zero attached hydrogens (tertiary/aromatic N) is 2. The van der Waals surface area contributed by atoms with Gasteiger partial charge in [0, 0.05) is 36.6 Å². The van der Waals surface area contributed by atoms with Gasteiger partial charge in [0.25, 0.3) is 0 Å². The highest BCUT2D eigenvalue weighted by Gasteiger charge is 2.37. The van der Waals surface area contributed by atoms with E-state index < -0.39 is 9.84 Å². The highest BCUT2D eigenvalue weighted by atomic mass is 32.2. The summed E-state index contributed by atoms with van der Waals surface area (Å²) >= 11 is 0. The fourth-order valence-electron chi connectivity index (χ4n) is 5.15. The third-order valence-electron chi connectivity index (χ3n) is 7.20. The van der Waals surface area contributed by atoms with Crippen LogP contribution in [0, 0.1) is 6.92 Å². The summed E-state index contributed by atoms with van der Waals surface area (Å²) in [5.41, 5.74) is 4.38. The highest BCUT2D eigenvalue weighted by Crippen LogP contribution is 2.40. The van der Waals surface area contributed by atoms with Crippen LogP contribution in [0.5, 0.6) is 5.75 Å². The Bertz CT molecular complexity index is 1560. The molecule has 1 atom stereocenters. The van der Waals surface area contributed by atoms with Crippen molar-refractivity contribution in [2.24, 2.45) is 0 Å². The van der Waals surface area contributed by atoms with Crippen LogP contribution in [0.3, 0.4) is 0 Å². The molecular weight excluding hydrogens is 490 g/mol. The van der Waals surface area contributed by atoms with Crippen molar-refractivity contribution >= 4 is 31.8 Å². The number of benzene rings is 2. The number of aromatic amines is 1. The number of morpholine rings is 1. The number of aromatic nitrogens is 2. The van der Waals surface area contributed by atoms with E-state index in [1.807, 2.05) is 37.4 Å². The lowest BCUT2D eigenvalue weighted by Gasteiger charge is -2.32. The van der Waals surface area contributed by atoms with Crippen LogP contribution in [-0.4, -0.2) is 79.2 Å². The number of nitrogens with one attached hydrogen (secondary N) is 1. The quantitative estimate of drug-likeness (QED) is 0.364. The van der Waals surface area contributed by atoms with E-state index in [4.69, 9.17) is 9.47 Å². The first-order valence-corrected chi connectivity index (χ1v) is 14.3. The second-order valence-corrected chi connectivity index (χ2v) is 12.2. The molecular formula is C28H31N3O5S. The van der Waals surface area contributed by atoms with Crippen LogP contribution >= 0.6 is 0 Å². The molecule has 0 spiro atoms. The Hall–Kier alpha value is -2.98. The molecule has 0 amide bonds. The molecule has 1 aliphatic carbocycles. The van der Waals surface area contributed by atoms with Crippen LogP contribution in [0.25, 0.3) is 33.1 Å². The van der Waals surface area contributed by atoms with E-state index >= 15 is 0 Å². The second kappa shape index (κ2) is 9.72. The Balaban J connectivity index is 1.40. The number of fused-ring (bicyclic) bond motifs is 3. The third kappa shape index (κ3) is 4.72. The van der Waals surface area contributed by atoms with Gasteiger partial charge in [-0.05, 0) is 66.8 Å². The molecule has 1 aliphatic heterocycles. The van der Waals surface area contributed by atoms with Crippen molar-refractivity contribution in [3.8, 4) is 16.9 Å². The molecule has 1 saturated carbocycles. The van der Waals surface area contributed by atoms with Crippen molar-refractivity contribution in [3.63, 3.8) is 0 Å². The van der Waals surface area contributed by atoms with Crippen molar-refractivity contribution in [2.75, 3.05) is 39.5 Å². The molecule has 6 rings (SSSR count). The Morgan fingerprint density at radius 1 is 1.22 bits per heavy atom. The predicted molar refractivity (Wildman–Crippen MR) is 143 cm³/mol. The van der Waals surface area contributed by atoms with Crippen molar-refractivity contribution in [1.82, 2.24) is 14.9 Å². The van der Waals surface area contributed by atoms with Crippen molar-refractivity contribution < 1.29 is 23.0 Å². The smallest absolute Gasteiger partial charge is 0.181 e. The Kier molecular flexibility index (Phi) is 6.40. The minimum Gasteiger partial charge on any atom is -0.489 e. The molecule has 2 fully saturated rings. The summed E-state index contributed by atoms with van der Waals surface area (Å²) in [7, 11) is -3.30. The molecule has 0 radical (unpaired) electrons. The first kappa shape index (κ1) is 24.4. The number of aliphatic hydroxyl groups excluding tert-OH is 1. The molecule has 2 aromatic heterocycles. The van der Waals surface area contributed by atoms with Crippen LogP contribution in [-0.2, 0) is 14.6 Å². The zero-order valence-electron chi connectivity index (χ0n) is 20.8. The summed E-state index contributed by atoms with van der Waals surface area (Å²) in [6.07, 6.45) is 3.20. The number of hydrogen-bond acceptors (Lipinski definition) is 7. The monoisotopic (exact) mass is 521 g/mol. The number of pyridine rings is 1. The van der Waals surface area contributed by atoms with E-state index in [9.17, 15) is 13.5 Å². The number of aryl methyl sites for hydroxylation is 1. The lowest BCUT2D eigenvalue weighted by atomic mass is 9.99. The van der Waals surface area contributed by atoms with E-state index in [0.29, 0.717) is 36.9 Å². The summed E-state index contributed by atoms with van der Waals surface area (Å²) in [6, 6.07) is 13.3. The standard InChI is InChI=1S/C28H31N3O5S/c1-18-13-24-26-23(19-3-2-4-22(14-19)37(33,34)21-5-6-21)7-8-25(27(26)30-28(24)29-15-18)36-17-20-16-31(9-11-32)10-12-35-20/h2-4,7-8,13-15,20-21,32H,5-6,9-12,16-17H2,1H3,(H,29,30)/t20-/m0/s1. The molecule has 8 nitrogen and oxygen atoms in total. The molecule has 0 bridgehead atoms. The maximum atomic E-state index is 12.9. The van der Waals surface area contributed by atoms with Gasteiger partial charge in [-0.3, -0.25) is 4.90 Å². The number of H-pyrrole nitrogens is 1. The van der Waals surface area contributed by atoms with Gasteiger partial charge in [0.2, 0.25) is 0 Å². The summed E-state index contributed by atoms with van der Waals surface area (Å²) < 4.78 is 38.1. The van der Waals surface area contributed by atoms with Gasteiger partial charge in [0.05, 0.1) is 28.9 Å². The zero-order valence-corrected chi connectivity index (χ0v) is 21.6. The van der Waals surface area contributed by atoms with Crippen LogP contribution in [0.15, 0.2) is 53.6 Å². The zero-order chi connectivity index (χ0) is 25.6. The van der Waals surface area contributed by atoms with E-state index in [0.717, 1.165) is 58.0 Å². The number of sulfone groups is 1. The van der Waals surface area contributed by atoms with Crippen molar-refractivity contribution in [3.05, 3.63) is 54.2 Å². The van der Waals surface area contributed by atoms with Gasteiger partial charge in [0.1, 0.15) is 24.1 Å². The van der Waals surface area contributed by atoms with Gasteiger partial charge in [-0.1, -0.05) is 12.1 Å². The fraction of sp³-hybridized carbons (Fsp3) is 0.393. The van der Waals surface area contributed by atoms with Gasteiger partial charge < -0.3 is 19.6 Å². The molecule has 3 heterocycles. The van der Waals surface area contributed by atoms with Gasteiger partial charge >= 0.3 is 0 Å². The van der Waals surface area contributed by atoms with E-state index in [-0.39, 0.29) is 18.0 Å². The Morgan fingerprint density at radius 3 is 2.89 bits per heavy atom. The topological polar surface area (TPSA) is 105 Å². The van der Waals surface area contributed by atoms with Crippen LogP contribution in [0.1, 0.15) is 18.4 Å². The van der Waals surface area contributed by atoms with Crippen LogP contribution in [0.2, 0.25) is 0 Å². The number of aliphatic hydroxyl groups is 1. The molecule has 2 N–H and O–H groups in total. The van der Waals surface area contributed by atoms with Crippen LogP contribution < -0.4 is 4.74 Å². The highest BCUT2D eigenvalue weighted by molar-refractivity contribution is 7.92. The first-order valence-electron chi connectivity index (χ1n) is 12.8. The normalized spacial score (nSPS) is 19.0. The number of rotatable bonds is 8. The van der Waals surface area contributed by atoms with E-state index in [2.05, 4.69) is 20.9 Å². The van der Waals surface area contributed by atoms with Gasteiger partial charge in [-0.15, -0.1) is 0 Å². The predicted octanol–water partition coefficient (Wildman–Crippen LogP) is 3.70. The molecule has 4 aromatic rings. The van der Waals surface area contributed by atoms with Crippen molar-refractivity contribution in [1.29, 1.82) is 0 Å². The summed E-state index contributed by atoms with van der Waals surface area (Å²) in [4.78, 5) is 10.6. The van der Waals surface area contributed by atoms with Crippen molar-refractivity contribution in [2.45, 2.75) is 36.0 Å². The third-order valence-corrected chi connectivity index (χ3v) is 9.46. The van der Waals surface area contributed by atoms with E-state index in [1.54, 1.807) is 12.1 Å². The molecule has 0 unspecified atom stereocenters. The van der Waals surface area contributed by atoms with E-state index in [1.165, 1.54) is 0 Å². The summed E-state index contributed by atoms with van der Waals surface area (Å²) in [5.74, 6) is 0.694. The molecule has 37 heavy (non-hydrogen) atoms. The largest absolute Gasteiger partial charge is 0.489 e. The molecule has 1 saturated heterocycles.